The number of pyridine rings is 4. The first-order chi connectivity index (χ1) is 28.8. The number of hydrogen-bond donors (Lipinski definition) is 0. The van der Waals surface area contributed by atoms with Crippen LogP contribution in [-0.2, 0) is 0 Å². The zero-order valence-electron chi connectivity index (χ0n) is 31.0. The van der Waals surface area contributed by atoms with Gasteiger partial charge in [-0.15, -0.1) is 0 Å². The zero-order chi connectivity index (χ0) is 37.6. The van der Waals surface area contributed by atoms with Gasteiger partial charge in [-0.05, 0) is 158 Å². The lowest BCUT2D eigenvalue weighted by Crippen LogP contribution is -1.93. The van der Waals surface area contributed by atoms with Crippen molar-refractivity contribution in [2.75, 3.05) is 0 Å². The van der Waals surface area contributed by atoms with Crippen molar-refractivity contribution in [2.24, 2.45) is 0 Å². The van der Waals surface area contributed by atoms with E-state index in [2.05, 4.69) is 143 Å². The van der Waals surface area contributed by atoms with Gasteiger partial charge < -0.3 is 0 Å². The molecular weight excluding hydrogens is 705 g/mol. The second kappa shape index (κ2) is 10.9. The summed E-state index contributed by atoms with van der Waals surface area (Å²) in [5, 5.41) is 14.6. The summed E-state index contributed by atoms with van der Waals surface area (Å²) in [6, 6.07) is 53.9. The summed E-state index contributed by atoms with van der Waals surface area (Å²) in [5.74, 6) is 0. The fourth-order valence-corrected chi connectivity index (χ4v) is 10.5. The second-order valence-electron chi connectivity index (χ2n) is 15.7. The predicted molar refractivity (Wildman–Crippen MR) is 240 cm³/mol. The summed E-state index contributed by atoms with van der Waals surface area (Å²) < 4.78 is 0. The maximum atomic E-state index is 4.89. The number of rotatable bonds is 2. The average molecular weight is 733 g/mol. The van der Waals surface area contributed by atoms with Gasteiger partial charge in [-0.3, -0.25) is 0 Å². The van der Waals surface area contributed by atoms with Gasteiger partial charge >= 0.3 is 0 Å². The van der Waals surface area contributed by atoms with E-state index in [0.717, 1.165) is 33.2 Å². The van der Waals surface area contributed by atoms with Gasteiger partial charge in [0.1, 0.15) is 0 Å². The summed E-state index contributed by atoms with van der Waals surface area (Å²) in [4.78, 5) is 18.9. The van der Waals surface area contributed by atoms with Crippen molar-refractivity contribution in [1.82, 2.24) is 19.9 Å². The molecule has 0 saturated heterocycles. The molecule has 0 unspecified atom stereocenters. The van der Waals surface area contributed by atoms with Crippen molar-refractivity contribution in [3.63, 3.8) is 0 Å². The van der Waals surface area contributed by atoms with Gasteiger partial charge in [0.2, 0.25) is 0 Å². The van der Waals surface area contributed by atoms with E-state index in [-0.39, 0.29) is 0 Å². The molecule has 0 radical (unpaired) electrons. The lowest BCUT2D eigenvalue weighted by Gasteiger charge is -2.19. The summed E-state index contributed by atoms with van der Waals surface area (Å²) >= 11 is 0. The van der Waals surface area contributed by atoms with E-state index in [1.54, 1.807) is 0 Å². The molecule has 4 heteroatoms. The van der Waals surface area contributed by atoms with Gasteiger partial charge in [0.05, 0.1) is 0 Å². The molecule has 2 aliphatic rings. The molecule has 0 saturated carbocycles. The van der Waals surface area contributed by atoms with Crippen LogP contribution in [0.1, 0.15) is 0 Å². The van der Waals surface area contributed by atoms with Gasteiger partial charge in [0.25, 0.3) is 0 Å². The van der Waals surface area contributed by atoms with Crippen LogP contribution in [0, 0.1) is 0 Å². The molecule has 0 N–H and O–H groups in total. The summed E-state index contributed by atoms with van der Waals surface area (Å²) in [5.41, 5.74) is 16.3. The molecule has 58 heavy (non-hydrogen) atoms. The molecule has 4 nitrogen and oxygen atoms in total. The molecule has 0 atom stereocenters. The number of nitrogens with zero attached hydrogens (tertiary/aromatic N) is 4. The summed E-state index contributed by atoms with van der Waals surface area (Å²) in [6.07, 6.45) is 7.65. The van der Waals surface area contributed by atoms with Gasteiger partial charge in [-0.2, -0.15) is 0 Å². The molecule has 0 spiro atoms. The lowest BCUT2D eigenvalue weighted by atomic mass is 9.84. The largest absolute Gasteiger partial charge is 0.237 e. The quantitative estimate of drug-likeness (QED) is 0.166. The minimum atomic E-state index is 0.754. The normalized spacial score (nSPS) is 12.5. The third-order valence-electron chi connectivity index (χ3n) is 12.9. The van der Waals surface area contributed by atoms with E-state index in [9.17, 15) is 0 Å². The number of aromatic nitrogens is 4. The van der Waals surface area contributed by atoms with Crippen LogP contribution in [0.3, 0.4) is 0 Å². The monoisotopic (exact) mass is 732 g/mol. The smallest absolute Gasteiger partial charge is 0.159 e. The number of benzene rings is 8. The van der Waals surface area contributed by atoms with Crippen molar-refractivity contribution in [1.29, 1.82) is 0 Å². The van der Waals surface area contributed by atoms with Crippen LogP contribution in [0.15, 0.2) is 170 Å². The van der Waals surface area contributed by atoms with Crippen LogP contribution in [0.25, 0.3) is 143 Å². The molecule has 0 bridgehead atoms. The molecule has 8 aromatic carbocycles. The third-order valence-corrected chi connectivity index (χ3v) is 12.9. The first kappa shape index (κ1) is 30.4. The fourth-order valence-electron chi connectivity index (χ4n) is 10.5. The van der Waals surface area contributed by atoms with Crippen molar-refractivity contribution in [3.8, 4) is 66.8 Å². The highest BCUT2D eigenvalue weighted by Crippen LogP contribution is 2.57. The molecule has 0 amide bonds. The van der Waals surface area contributed by atoms with Crippen LogP contribution >= 0.6 is 0 Å². The average Bonchev–Trinajstić information content (AvgIpc) is 3.78. The zero-order valence-corrected chi connectivity index (χ0v) is 31.0. The van der Waals surface area contributed by atoms with E-state index < -0.39 is 0 Å². The van der Waals surface area contributed by atoms with E-state index in [1.807, 2.05) is 36.9 Å². The van der Waals surface area contributed by atoms with Crippen molar-refractivity contribution >= 4 is 75.9 Å². The Labute approximate surface area is 331 Å². The Balaban J connectivity index is 1.13. The van der Waals surface area contributed by atoms with Crippen molar-refractivity contribution in [3.05, 3.63) is 170 Å². The molecular formula is C54H28N4. The molecule has 0 fully saturated rings. The fraction of sp³-hybridized carbons (Fsp3) is 0. The van der Waals surface area contributed by atoms with Gasteiger partial charge in [-0.1, -0.05) is 97.1 Å². The number of hydrogen-bond acceptors (Lipinski definition) is 4. The van der Waals surface area contributed by atoms with E-state index >= 15 is 0 Å². The molecule has 4 heterocycles. The topological polar surface area (TPSA) is 51.6 Å². The van der Waals surface area contributed by atoms with Crippen LogP contribution in [0.4, 0.5) is 0 Å². The summed E-state index contributed by atoms with van der Waals surface area (Å²) in [6.45, 7) is 0. The van der Waals surface area contributed by atoms with Crippen LogP contribution in [0.2, 0.25) is 0 Å². The SMILES string of the molecule is c1cnc2ncc(-c3c4c(cc5c3ccc3c6cc7c(c(-c8cnc9ncccc9c8)c6ccc53)-c3cccc5cccc-7c35)-c3cccc5cccc-4c35)cc2c1. The van der Waals surface area contributed by atoms with Crippen LogP contribution < -0.4 is 0 Å². The molecule has 14 rings (SSSR count). The molecule has 12 aromatic rings. The predicted octanol–water partition coefficient (Wildman–Crippen LogP) is 14.0. The Morgan fingerprint density at radius 1 is 0.276 bits per heavy atom. The van der Waals surface area contributed by atoms with E-state index in [4.69, 9.17) is 9.97 Å². The van der Waals surface area contributed by atoms with Gasteiger partial charge in [0, 0.05) is 46.7 Å². The van der Waals surface area contributed by atoms with Crippen molar-refractivity contribution < 1.29 is 0 Å². The first-order valence-electron chi connectivity index (χ1n) is 19.8. The second-order valence-corrected chi connectivity index (χ2v) is 15.7. The maximum Gasteiger partial charge on any atom is 0.159 e. The van der Waals surface area contributed by atoms with Gasteiger partial charge in [-0.25, -0.2) is 19.9 Å². The Hall–Kier alpha value is -7.82. The highest BCUT2D eigenvalue weighted by Gasteiger charge is 2.30. The Morgan fingerprint density at radius 2 is 0.690 bits per heavy atom. The third kappa shape index (κ3) is 3.88. The summed E-state index contributed by atoms with van der Waals surface area (Å²) in [7, 11) is 0. The van der Waals surface area contributed by atoms with E-state index in [1.165, 1.54) is 109 Å². The van der Waals surface area contributed by atoms with Gasteiger partial charge in [0.15, 0.2) is 11.3 Å². The Kier molecular flexibility index (Phi) is 5.73. The Bertz CT molecular complexity index is 3600. The highest BCUT2D eigenvalue weighted by atomic mass is 14.8. The maximum absolute atomic E-state index is 4.89. The van der Waals surface area contributed by atoms with E-state index in [0.29, 0.717) is 0 Å². The van der Waals surface area contributed by atoms with Crippen molar-refractivity contribution in [2.45, 2.75) is 0 Å². The first-order valence-corrected chi connectivity index (χ1v) is 19.8. The minimum Gasteiger partial charge on any atom is -0.237 e. The Morgan fingerprint density at radius 3 is 1.16 bits per heavy atom. The highest BCUT2D eigenvalue weighted by molar-refractivity contribution is 6.30. The molecule has 0 aliphatic heterocycles. The molecule has 2 aliphatic carbocycles. The lowest BCUT2D eigenvalue weighted by molar-refractivity contribution is 1.29. The number of fused-ring (bicyclic) bond motifs is 13. The standard InChI is InChI=1S/C54H28N4/c1-7-29-9-3-15-41-47(29)37(13-1)45-25-43-35-17-20-40-44(36(35)18-19-39(43)49(51(41)45)33-23-31-11-5-21-55-53(31)57-27-33)26-46-38-14-2-8-30-10-4-16-42(48(30)38)52(46)50(40)34-24-32-12-6-22-56-54(32)58-28-34/h1-28H. The molecule has 264 valence electrons. The van der Waals surface area contributed by atoms with Crippen LogP contribution in [0.5, 0.6) is 0 Å². The molecule has 4 aromatic heterocycles. The minimum absolute atomic E-state index is 0.754. The van der Waals surface area contributed by atoms with Crippen LogP contribution in [-0.4, -0.2) is 19.9 Å².